The third-order valence-corrected chi connectivity index (χ3v) is 3.32. The highest BCUT2D eigenvalue weighted by Gasteiger charge is 2.32. The van der Waals surface area contributed by atoms with Gasteiger partial charge < -0.3 is 9.84 Å². The maximum atomic E-state index is 11.3. The van der Waals surface area contributed by atoms with Gasteiger partial charge in [-0.1, -0.05) is 30.3 Å². The Labute approximate surface area is 101 Å². The van der Waals surface area contributed by atoms with Crippen molar-refractivity contribution in [1.29, 1.82) is 0 Å². The lowest BCUT2D eigenvalue weighted by molar-refractivity contribution is -0.117. The fraction of sp³-hybridized carbons (Fsp3) is 0.500. The minimum Gasteiger partial charge on any atom is -0.396 e. The third-order valence-electron chi connectivity index (χ3n) is 3.32. The highest BCUT2D eigenvalue weighted by Crippen LogP contribution is 2.29. The number of hydrogen-bond donors (Lipinski definition) is 1. The summed E-state index contributed by atoms with van der Waals surface area (Å²) in [6.07, 6.45) is 1.07. The SMILES string of the molecule is O=C1C[C@H](CO)[C@@H](COCc2ccccc2)C1. The average Bonchev–Trinajstić information content (AvgIpc) is 2.71. The molecule has 0 spiro atoms. The molecule has 1 aliphatic carbocycles. The zero-order valence-electron chi connectivity index (χ0n) is 9.84. The van der Waals surface area contributed by atoms with Crippen molar-refractivity contribution < 1.29 is 14.6 Å². The van der Waals surface area contributed by atoms with Crippen LogP contribution in [0.2, 0.25) is 0 Å². The average molecular weight is 234 g/mol. The Morgan fingerprint density at radius 2 is 1.88 bits per heavy atom. The summed E-state index contributed by atoms with van der Waals surface area (Å²) < 4.78 is 5.62. The number of Topliss-reactive ketones (excluding diaryl/α,β-unsaturated/α-hetero) is 1. The highest BCUT2D eigenvalue weighted by molar-refractivity contribution is 5.81. The summed E-state index contributed by atoms with van der Waals surface area (Å²) in [5.74, 6) is 0.534. The van der Waals surface area contributed by atoms with Crippen molar-refractivity contribution in [1.82, 2.24) is 0 Å². The number of ketones is 1. The lowest BCUT2D eigenvalue weighted by Gasteiger charge is -2.16. The second kappa shape index (κ2) is 5.94. The lowest BCUT2D eigenvalue weighted by Crippen LogP contribution is -2.17. The quantitative estimate of drug-likeness (QED) is 0.845. The van der Waals surface area contributed by atoms with Gasteiger partial charge in [-0.05, 0) is 17.4 Å². The smallest absolute Gasteiger partial charge is 0.133 e. The van der Waals surface area contributed by atoms with E-state index in [1.807, 2.05) is 30.3 Å². The predicted molar refractivity (Wildman–Crippen MR) is 64.4 cm³/mol. The van der Waals surface area contributed by atoms with E-state index in [0.29, 0.717) is 26.1 Å². The van der Waals surface area contributed by atoms with E-state index in [-0.39, 0.29) is 24.2 Å². The first-order valence-electron chi connectivity index (χ1n) is 6.04. The van der Waals surface area contributed by atoms with Crippen molar-refractivity contribution in [2.45, 2.75) is 19.4 Å². The maximum absolute atomic E-state index is 11.3. The fourth-order valence-corrected chi connectivity index (χ4v) is 2.31. The number of rotatable bonds is 5. The summed E-state index contributed by atoms with van der Waals surface area (Å²) in [5, 5.41) is 9.16. The molecule has 2 rings (SSSR count). The molecule has 2 atom stereocenters. The molecule has 1 N–H and O–H groups in total. The van der Waals surface area contributed by atoms with Crippen LogP contribution in [0.15, 0.2) is 30.3 Å². The van der Waals surface area contributed by atoms with Gasteiger partial charge in [0.05, 0.1) is 13.2 Å². The van der Waals surface area contributed by atoms with Crippen LogP contribution in [-0.2, 0) is 16.1 Å². The zero-order valence-corrected chi connectivity index (χ0v) is 9.84. The van der Waals surface area contributed by atoms with Gasteiger partial charge in [-0.25, -0.2) is 0 Å². The van der Waals surface area contributed by atoms with Gasteiger partial charge in [0.1, 0.15) is 5.78 Å². The largest absolute Gasteiger partial charge is 0.396 e. The minimum atomic E-state index is 0.0884. The van der Waals surface area contributed by atoms with Crippen molar-refractivity contribution in [3.05, 3.63) is 35.9 Å². The van der Waals surface area contributed by atoms with Gasteiger partial charge in [0.15, 0.2) is 0 Å². The Kier molecular flexibility index (Phi) is 4.29. The molecule has 3 heteroatoms. The summed E-state index contributed by atoms with van der Waals surface area (Å²) in [5.41, 5.74) is 1.14. The van der Waals surface area contributed by atoms with E-state index in [2.05, 4.69) is 0 Å². The van der Waals surface area contributed by atoms with Gasteiger partial charge in [0.2, 0.25) is 0 Å². The molecule has 1 fully saturated rings. The molecule has 0 bridgehead atoms. The molecule has 0 heterocycles. The van der Waals surface area contributed by atoms with Crippen LogP contribution < -0.4 is 0 Å². The molecule has 17 heavy (non-hydrogen) atoms. The Hall–Kier alpha value is -1.19. The lowest BCUT2D eigenvalue weighted by atomic mass is 9.98. The summed E-state index contributed by atoms with van der Waals surface area (Å²) in [7, 11) is 0. The Balaban J connectivity index is 1.77. The summed E-state index contributed by atoms with van der Waals surface area (Å²) in [4.78, 5) is 11.3. The first kappa shape index (κ1) is 12.3. The summed E-state index contributed by atoms with van der Waals surface area (Å²) in [6.45, 7) is 1.22. The van der Waals surface area contributed by atoms with E-state index < -0.39 is 0 Å². The Bertz CT molecular complexity index is 361. The summed E-state index contributed by atoms with van der Waals surface area (Å²) in [6, 6.07) is 9.97. The molecule has 0 aromatic heterocycles. The second-order valence-corrected chi connectivity index (χ2v) is 4.65. The van der Waals surface area contributed by atoms with Gasteiger partial charge in [0, 0.05) is 19.4 Å². The van der Waals surface area contributed by atoms with Crippen LogP contribution in [0.4, 0.5) is 0 Å². The molecular formula is C14H18O3. The number of carbonyl (C=O) groups excluding carboxylic acids is 1. The molecule has 1 saturated carbocycles. The molecule has 0 unspecified atom stereocenters. The zero-order chi connectivity index (χ0) is 12.1. The highest BCUT2D eigenvalue weighted by atomic mass is 16.5. The Morgan fingerprint density at radius 1 is 1.18 bits per heavy atom. The Morgan fingerprint density at radius 3 is 2.59 bits per heavy atom. The van der Waals surface area contributed by atoms with E-state index in [1.54, 1.807) is 0 Å². The maximum Gasteiger partial charge on any atom is 0.133 e. The van der Waals surface area contributed by atoms with E-state index in [1.165, 1.54) is 0 Å². The van der Waals surface area contributed by atoms with Gasteiger partial charge in [0.25, 0.3) is 0 Å². The number of benzene rings is 1. The molecule has 0 saturated heterocycles. The van der Waals surface area contributed by atoms with Crippen LogP contribution in [0.1, 0.15) is 18.4 Å². The van der Waals surface area contributed by atoms with Crippen molar-refractivity contribution in [3.63, 3.8) is 0 Å². The molecule has 0 radical (unpaired) electrons. The monoisotopic (exact) mass is 234 g/mol. The normalized spacial score (nSPS) is 24.2. The molecule has 1 aromatic rings. The molecule has 0 aliphatic heterocycles. The van der Waals surface area contributed by atoms with Crippen molar-refractivity contribution in [3.8, 4) is 0 Å². The summed E-state index contributed by atoms with van der Waals surface area (Å²) >= 11 is 0. The number of aliphatic hydroxyl groups is 1. The van der Waals surface area contributed by atoms with Crippen molar-refractivity contribution >= 4 is 5.78 Å². The van der Waals surface area contributed by atoms with Crippen LogP contribution in [0, 0.1) is 11.8 Å². The molecule has 1 aliphatic rings. The minimum absolute atomic E-state index is 0.0884. The molecular weight excluding hydrogens is 216 g/mol. The molecule has 1 aromatic carbocycles. The van der Waals surface area contributed by atoms with Gasteiger partial charge in [-0.2, -0.15) is 0 Å². The molecule has 0 amide bonds. The fourth-order valence-electron chi connectivity index (χ4n) is 2.31. The number of ether oxygens (including phenoxy) is 1. The van der Waals surface area contributed by atoms with E-state index in [0.717, 1.165) is 5.56 Å². The third kappa shape index (κ3) is 3.38. The first-order chi connectivity index (χ1) is 8.29. The number of hydrogen-bond acceptors (Lipinski definition) is 3. The number of carbonyl (C=O) groups is 1. The van der Waals surface area contributed by atoms with Gasteiger partial charge in [-0.15, -0.1) is 0 Å². The van der Waals surface area contributed by atoms with Crippen LogP contribution in [0.3, 0.4) is 0 Å². The molecule has 3 nitrogen and oxygen atoms in total. The van der Waals surface area contributed by atoms with Gasteiger partial charge >= 0.3 is 0 Å². The van der Waals surface area contributed by atoms with E-state index in [4.69, 9.17) is 9.84 Å². The van der Waals surface area contributed by atoms with E-state index in [9.17, 15) is 4.79 Å². The van der Waals surface area contributed by atoms with Crippen LogP contribution in [0.25, 0.3) is 0 Å². The van der Waals surface area contributed by atoms with Gasteiger partial charge in [-0.3, -0.25) is 4.79 Å². The standard InChI is InChI=1S/C14H18O3/c15-8-12-6-14(16)7-13(12)10-17-9-11-4-2-1-3-5-11/h1-5,12-13,15H,6-10H2/t12-,13-/m1/s1. The second-order valence-electron chi connectivity index (χ2n) is 4.65. The first-order valence-corrected chi connectivity index (χ1v) is 6.04. The van der Waals surface area contributed by atoms with Crippen LogP contribution >= 0.6 is 0 Å². The van der Waals surface area contributed by atoms with Crippen LogP contribution in [0.5, 0.6) is 0 Å². The topological polar surface area (TPSA) is 46.5 Å². The number of aliphatic hydroxyl groups excluding tert-OH is 1. The van der Waals surface area contributed by atoms with Crippen LogP contribution in [-0.4, -0.2) is 24.1 Å². The van der Waals surface area contributed by atoms with Crippen molar-refractivity contribution in [2.24, 2.45) is 11.8 Å². The van der Waals surface area contributed by atoms with E-state index >= 15 is 0 Å². The van der Waals surface area contributed by atoms with Crippen molar-refractivity contribution in [2.75, 3.05) is 13.2 Å². The predicted octanol–water partition coefficient (Wildman–Crippen LogP) is 1.79. The molecule has 92 valence electrons.